The van der Waals surface area contributed by atoms with Crippen molar-refractivity contribution in [2.45, 2.75) is 45.7 Å². The molecule has 0 aromatic heterocycles. The highest BCUT2D eigenvalue weighted by Crippen LogP contribution is 2.29. The van der Waals surface area contributed by atoms with Gasteiger partial charge in [-0.1, -0.05) is 13.8 Å². The minimum Gasteiger partial charge on any atom is -0.309 e. The van der Waals surface area contributed by atoms with Crippen molar-refractivity contribution >= 4 is 5.69 Å². The van der Waals surface area contributed by atoms with Gasteiger partial charge in [0.05, 0.1) is 4.92 Å². The molecule has 1 saturated carbocycles. The number of benzene rings is 1. The Bertz CT molecular complexity index is 493. The van der Waals surface area contributed by atoms with Gasteiger partial charge in [0.1, 0.15) is 5.82 Å². The van der Waals surface area contributed by atoms with Gasteiger partial charge >= 0.3 is 0 Å². The van der Waals surface area contributed by atoms with E-state index in [1.807, 2.05) is 0 Å². The van der Waals surface area contributed by atoms with E-state index in [0.29, 0.717) is 24.1 Å². The maximum Gasteiger partial charge on any atom is 0.274 e. The molecule has 1 aliphatic carbocycles. The van der Waals surface area contributed by atoms with Gasteiger partial charge in [0, 0.05) is 24.2 Å². The van der Waals surface area contributed by atoms with E-state index in [2.05, 4.69) is 19.2 Å². The van der Waals surface area contributed by atoms with Gasteiger partial charge in [-0.15, -0.1) is 0 Å². The molecule has 0 heterocycles. The Balaban J connectivity index is 2.03. The lowest BCUT2D eigenvalue weighted by Crippen LogP contribution is -2.38. The molecule has 1 aromatic carbocycles. The number of nitrogens with zero attached hydrogens (tertiary/aromatic N) is 1. The van der Waals surface area contributed by atoms with Gasteiger partial charge in [-0.2, -0.15) is 0 Å². The Morgan fingerprint density at radius 2 is 2.15 bits per heavy atom. The van der Waals surface area contributed by atoms with Crippen molar-refractivity contribution in [1.29, 1.82) is 0 Å². The summed E-state index contributed by atoms with van der Waals surface area (Å²) in [6.07, 6.45) is 3.42. The van der Waals surface area contributed by atoms with E-state index in [0.717, 1.165) is 18.4 Å². The Labute approximate surface area is 118 Å². The van der Waals surface area contributed by atoms with Crippen LogP contribution in [0.2, 0.25) is 0 Å². The molecule has 0 amide bonds. The number of halogens is 1. The van der Waals surface area contributed by atoms with Crippen LogP contribution < -0.4 is 5.32 Å². The summed E-state index contributed by atoms with van der Waals surface area (Å²) in [5.41, 5.74) is 0.400. The molecule has 110 valence electrons. The van der Waals surface area contributed by atoms with Crippen molar-refractivity contribution in [2.75, 3.05) is 0 Å². The van der Waals surface area contributed by atoms with Crippen LogP contribution in [-0.2, 0) is 6.54 Å². The molecule has 0 radical (unpaired) electrons. The van der Waals surface area contributed by atoms with E-state index in [4.69, 9.17) is 0 Å². The average Bonchev–Trinajstić information content (AvgIpc) is 2.37. The van der Waals surface area contributed by atoms with Crippen LogP contribution in [0.1, 0.15) is 38.7 Å². The molecule has 0 saturated heterocycles. The minimum absolute atomic E-state index is 0.0178. The largest absolute Gasteiger partial charge is 0.309 e. The van der Waals surface area contributed by atoms with Gasteiger partial charge in [-0.05, 0) is 43.2 Å². The van der Waals surface area contributed by atoms with Crippen molar-refractivity contribution in [3.63, 3.8) is 0 Å². The molecule has 4 nitrogen and oxygen atoms in total. The van der Waals surface area contributed by atoms with Crippen LogP contribution >= 0.6 is 0 Å². The number of rotatable bonds is 4. The first-order chi connectivity index (χ1) is 9.47. The summed E-state index contributed by atoms with van der Waals surface area (Å²) in [5, 5.41) is 14.3. The second kappa shape index (κ2) is 6.31. The third-order valence-electron chi connectivity index (χ3n) is 4.22. The minimum atomic E-state index is -0.456. The lowest BCUT2D eigenvalue weighted by atomic mass is 9.80. The van der Waals surface area contributed by atoms with Crippen LogP contribution in [0.15, 0.2) is 18.2 Å². The highest BCUT2D eigenvalue weighted by molar-refractivity contribution is 5.40. The Kier molecular flexibility index (Phi) is 4.70. The second-order valence-electron chi connectivity index (χ2n) is 5.91. The van der Waals surface area contributed by atoms with Gasteiger partial charge in [0.2, 0.25) is 0 Å². The summed E-state index contributed by atoms with van der Waals surface area (Å²) in [7, 11) is 0. The zero-order valence-electron chi connectivity index (χ0n) is 11.9. The van der Waals surface area contributed by atoms with Crippen LogP contribution in [-0.4, -0.2) is 11.0 Å². The normalized spacial score (nSPS) is 26.4. The number of hydrogen-bond donors (Lipinski definition) is 1. The number of nitrogens with one attached hydrogen (secondary N) is 1. The number of hydrogen-bond acceptors (Lipinski definition) is 3. The molecule has 3 atom stereocenters. The second-order valence-corrected chi connectivity index (χ2v) is 5.91. The molecular formula is C15H21FN2O2. The van der Waals surface area contributed by atoms with Gasteiger partial charge in [0.25, 0.3) is 5.69 Å². The maximum atomic E-state index is 13.3. The lowest BCUT2D eigenvalue weighted by Gasteiger charge is -2.33. The monoisotopic (exact) mass is 280 g/mol. The van der Waals surface area contributed by atoms with Crippen LogP contribution in [0.3, 0.4) is 0 Å². The fraction of sp³-hybridized carbons (Fsp3) is 0.600. The summed E-state index contributed by atoms with van der Waals surface area (Å²) < 4.78 is 13.3. The van der Waals surface area contributed by atoms with Gasteiger partial charge in [-0.3, -0.25) is 10.1 Å². The molecule has 0 bridgehead atoms. The summed E-state index contributed by atoms with van der Waals surface area (Å²) in [6.45, 7) is 4.80. The Morgan fingerprint density at radius 3 is 2.80 bits per heavy atom. The predicted molar refractivity (Wildman–Crippen MR) is 75.9 cm³/mol. The van der Waals surface area contributed by atoms with E-state index in [9.17, 15) is 14.5 Å². The van der Waals surface area contributed by atoms with Crippen LogP contribution in [0, 0.1) is 27.8 Å². The lowest BCUT2D eigenvalue weighted by molar-refractivity contribution is -0.385. The van der Waals surface area contributed by atoms with Crippen LogP contribution in [0.5, 0.6) is 0 Å². The first kappa shape index (κ1) is 14.9. The first-order valence-electron chi connectivity index (χ1n) is 7.13. The predicted octanol–water partition coefficient (Wildman–Crippen LogP) is 3.65. The summed E-state index contributed by atoms with van der Waals surface area (Å²) >= 11 is 0. The Hall–Kier alpha value is -1.49. The van der Waals surface area contributed by atoms with E-state index in [1.165, 1.54) is 25.0 Å². The van der Waals surface area contributed by atoms with Crippen LogP contribution in [0.4, 0.5) is 10.1 Å². The van der Waals surface area contributed by atoms with E-state index >= 15 is 0 Å². The van der Waals surface area contributed by atoms with E-state index < -0.39 is 10.7 Å². The highest BCUT2D eigenvalue weighted by atomic mass is 19.1. The molecule has 1 N–H and O–H groups in total. The summed E-state index contributed by atoms with van der Waals surface area (Å²) in [5.74, 6) is 0.857. The molecular weight excluding hydrogens is 259 g/mol. The van der Waals surface area contributed by atoms with Crippen molar-refractivity contribution in [2.24, 2.45) is 11.8 Å². The topological polar surface area (TPSA) is 55.2 Å². The number of nitro groups is 1. The van der Waals surface area contributed by atoms with Gasteiger partial charge < -0.3 is 5.32 Å². The van der Waals surface area contributed by atoms with Crippen molar-refractivity contribution in [1.82, 2.24) is 5.32 Å². The molecule has 5 heteroatoms. The quantitative estimate of drug-likeness (QED) is 0.676. The third kappa shape index (κ3) is 3.54. The number of nitro benzene ring substituents is 1. The van der Waals surface area contributed by atoms with Gasteiger partial charge in [-0.25, -0.2) is 4.39 Å². The molecule has 0 aliphatic heterocycles. The fourth-order valence-electron chi connectivity index (χ4n) is 3.08. The summed E-state index contributed by atoms with van der Waals surface area (Å²) in [6, 6.07) is 3.97. The van der Waals surface area contributed by atoms with Gasteiger partial charge in [0.15, 0.2) is 0 Å². The van der Waals surface area contributed by atoms with Crippen LogP contribution in [0.25, 0.3) is 0 Å². The molecule has 2 rings (SSSR count). The summed E-state index contributed by atoms with van der Waals surface area (Å²) in [4.78, 5) is 10.5. The third-order valence-corrected chi connectivity index (χ3v) is 4.22. The maximum absolute atomic E-state index is 13.3. The SMILES string of the molecule is CC1CCC(NCc2cc(F)ccc2[N+](=O)[O-])C(C)C1. The standard InChI is InChI=1S/C15H21FN2O2/c1-10-3-5-14(11(2)7-10)17-9-12-8-13(16)4-6-15(12)18(19)20/h4,6,8,10-11,14,17H,3,5,7,9H2,1-2H3. The Morgan fingerprint density at radius 1 is 1.40 bits per heavy atom. The molecule has 1 fully saturated rings. The van der Waals surface area contributed by atoms with Crippen molar-refractivity contribution in [3.8, 4) is 0 Å². The zero-order valence-corrected chi connectivity index (χ0v) is 11.9. The average molecular weight is 280 g/mol. The molecule has 0 spiro atoms. The zero-order chi connectivity index (χ0) is 14.7. The van der Waals surface area contributed by atoms with Crippen molar-refractivity contribution < 1.29 is 9.31 Å². The molecule has 20 heavy (non-hydrogen) atoms. The smallest absolute Gasteiger partial charge is 0.274 e. The first-order valence-corrected chi connectivity index (χ1v) is 7.13. The van der Waals surface area contributed by atoms with Crippen molar-refractivity contribution in [3.05, 3.63) is 39.7 Å². The van der Waals surface area contributed by atoms with E-state index in [1.54, 1.807) is 0 Å². The molecule has 3 unspecified atom stereocenters. The molecule has 1 aliphatic rings. The fourth-order valence-corrected chi connectivity index (χ4v) is 3.08. The molecule has 1 aromatic rings. The highest BCUT2D eigenvalue weighted by Gasteiger charge is 2.25. The van der Waals surface area contributed by atoms with E-state index in [-0.39, 0.29) is 5.69 Å².